The lowest BCUT2D eigenvalue weighted by Crippen LogP contribution is -2.66. The third-order valence-electron chi connectivity index (χ3n) is 7.17. The van der Waals surface area contributed by atoms with E-state index in [9.17, 15) is 0 Å². The number of hydrogen-bond donors (Lipinski definition) is 0. The molecule has 0 radical (unpaired) electrons. The van der Waals surface area contributed by atoms with Gasteiger partial charge in [0, 0.05) is 29.0 Å². The zero-order chi connectivity index (χ0) is 17.9. The van der Waals surface area contributed by atoms with Crippen molar-refractivity contribution >= 4 is 0 Å². The van der Waals surface area contributed by atoms with Gasteiger partial charge in [0.25, 0.3) is 0 Å². The van der Waals surface area contributed by atoms with Gasteiger partial charge < -0.3 is 19.1 Å². The van der Waals surface area contributed by atoms with Crippen LogP contribution < -0.4 is 9.47 Å². The molecule has 1 saturated heterocycles. The van der Waals surface area contributed by atoms with Crippen LogP contribution in [0.3, 0.4) is 0 Å². The van der Waals surface area contributed by atoms with Crippen molar-refractivity contribution in [2.45, 2.75) is 49.3 Å². The van der Waals surface area contributed by atoms with Crippen LogP contribution in [0, 0.1) is 5.92 Å². The van der Waals surface area contributed by atoms with E-state index >= 15 is 0 Å². The Bertz CT molecular complexity index is 793. The monoisotopic (exact) mass is 356 g/mol. The molecule has 2 fully saturated rings. The maximum absolute atomic E-state index is 8.53. The van der Waals surface area contributed by atoms with Crippen LogP contribution in [0.4, 0.5) is 0 Å². The van der Waals surface area contributed by atoms with E-state index in [2.05, 4.69) is 28.0 Å². The highest BCUT2D eigenvalue weighted by atomic mass is 16.6. The number of methoxy groups -OCH3 is 1. The first-order chi connectivity index (χ1) is 12.7. The zero-order valence-corrected chi connectivity index (χ0v) is 15.2. The lowest BCUT2D eigenvalue weighted by molar-refractivity contribution is -0.111. The minimum atomic E-state index is -0.0220. The molecule has 2 aliphatic heterocycles. The Kier molecular flexibility index (Phi) is 3.61. The summed E-state index contributed by atoms with van der Waals surface area (Å²) >= 11 is 0. The third kappa shape index (κ3) is 1.94. The maximum Gasteiger partial charge on any atom is 0.167 e. The van der Waals surface area contributed by atoms with Crippen LogP contribution in [0.25, 0.3) is 10.4 Å². The van der Waals surface area contributed by atoms with Gasteiger partial charge in [0.15, 0.2) is 18.2 Å². The average molecular weight is 356 g/mol. The molecule has 0 N–H and O–H groups in total. The molecular weight excluding hydrogens is 332 g/mol. The second-order valence-corrected chi connectivity index (χ2v) is 7.97. The summed E-state index contributed by atoms with van der Waals surface area (Å²) in [7, 11) is 4.05. The minimum absolute atomic E-state index is 0.0220. The van der Waals surface area contributed by atoms with Crippen molar-refractivity contribution in [2.24, 2.45) is 11.0 Å². The van der Waals surface area contributed by atoms with E-state index < -0.39 is 0 Å². The van der Waals surface area contributed by atoms with Crippen LogP contribution in [0.15, 0.2) is 17.2 Å². The fraction of sp³-hybridized carbons (Fsp3) is 0.684. The number of rotatable bonds is 4. The molecule has 1 saturated carbocycles. The van der Waals surface area contributed by atoms with Crippen molar-refractivity contribution in [1.82, 2.24) is 4.90 Å². The van der Waals surface area contributed by atoms with Gasteiger partial charge >= 0.3 is 0 Å². The first-order valence-electron chi connectivity index (χ1n) is 9.40. The number of hydrogen-bond acceptors (Lipinski definition) is 5. The van der Waals surface area contributed by atoms with Crippen molar-refractivity contribution in [3.05, 3.63) is 33.7 Å². The summed E-state index contributed by atoms with van der Waals surface area (Å²) in [4.78, 5) is 5.31. The van der Waals surface area contributed by atoms with E-state index in [0.717, 1.165) is 31.6 Å². The van der Waals surface area contributed by atoms with Gasteiger partial charge in [-0.15, -0.1) is 0 Å². The largest absolute Gasteiger partial charge is 0.484 e. The molecule has 1 aromatic carbocycles. The van der Waals surface area contributed by atoms with Crippen LogP contribution >= 0.6 is 0 Å². The maximum atomic E-state index is 8.53. The molecule has 0 unspecified atom stereocenters. The molecule has 0 aromatic heterocycles. The normalized spacial score (nSPS) is 36.7. The van der Waals surface area contributed by atoms with Crippen molar-refractivity contribution in [3.8, 4) is 11.5 Å². The van der Waals surface area contributed by atoms with Crippen LogP contribution in [-0.4, -0.2) is 50.6 Å². The van der Waals surface area contributed by atoms with Gasteiger partial charge in [-0.3, -0.25) is 0 Å². The van der Waals surface area contributed by atoms with Crippen LogP contribution in [0.2, 0.25) is 0 Å². The lowest BCUT2D eigenvalue weighted by Gasteiger charge is -2.58. The number of azide groups is 1. The van der Waals surface area contributed by atoms with E-state index in [1.807, 2.05) is 6.07 Å². The highest BCUT2D eigenvalue weighted by Crippen LogP contribution is 2.64. The van der Waals surface area contributed by atoms with Crippen LogP contribution in [0.1, 0.15) is 30.4 Å². The van der Waals surface area contributed by atoms with E-state index in [1.54, 1.807) is 7.11 Å². The fourth-order valence-corrected chi connectivity index (χ4v) is 6.16. The number of likely N-dealkylation sites (N-methyl/N-ethyl adjacent to an activating group) is 1. The van der Waals surface area contributed by atoms with Gasteiger partial charge in [0.1, 0.15) is 6.10 Å². The van der Waals surface area contributed by atoms with E-state index in [1.165, 1.54) is 17.5 Å². The Morgan fingerprint density at radius 2 is 2.31 bits per heavy atom. The van der Waals surface area contributed by atoms with Gasteiger partial charge in [0.2, 0.25) is 0 Å². The lowest BCUT2D eigenvalue weighted by atomic mass is 9.51. The molecule has 0 amide bonds. The third-order valence-corrected chi connectivity index (χ3v) is 7.17. The molecule has 1 aromatic rings. The summed E-state index contributed by atoms with van der Waals surface area (Å²) in [6.45, 7) is 1.06. The molecule has 1 spiro atoms. The molecule has 26 heavy (non-hydrogen) atoms. The summed E-state index contributed by atoms with van der Waals surface area (Å²) in [5.41, 5.74) is 11.3. The molecule has 7 heteroatoms. The second-order valence-electron chi connectivity index (χ2n) is 7.97. The van der Waals surface area contributed by atoms with Gasteiger partial charge in [-0.25, -0.2) is 0 Å². The Balaban J connectivity index is 1.67. The molecule has 2 aliphatic carbocycles. The molecule has 7 nitrogen and oxygen atoms in total. The number of piperidine rings is 1. The molecular formula is C19H24N4O3. The molecule has 5 atom stereocenters. The Morgan fingerprint density at radius 3 is 3.12 bits per heavy atom. The molecule has 2 bridgehead atoms. The van der Waals surface area contributed by atoms with E-state index in [-0.39, 0.29) is 24.4 Å². The van der Waals surface area contributed by atoms with Gasteiger partial charge in [0.05, 0.1) is 6.10 Å². The fourth-order valence-electron chi connectivity index (χ4n) is 6.16. The number of nitrogens with zero attached hydrogens (tertiary/aromatic N) is 4. The Hall–Kier alpha value is -1.95. The second kappa shape index (κ2) is 5.78. The number of ether oxygens (including phenoxy) is 3. The molecule has 4 aliphatic rings. The summed E-state index contributed by atoms with van der Waals surface area (Å²) in [6, 6.07) is 4.71. The van der Waals surface area contributed by atoms with Crippen LogP contribution in [0.5, 0.6) is 11.5 Å². The standard InChI is InChI=1S/C19H24N4O3/c1-23-8-7-19-12-4-6-15(24-2)18(19)26-17-14(25-10-21-22-20)5-3-11(16(17)19)9-13(12)23/h3,5,12-13,15,18H,4,6-10H2,1-2H3/t12-,13+,15+,18-,19-/m0/s1. The quantitative estimate of drug-likeness (QED) is 0.472. The molecule has 5 rings (SSSR count). The SMILES string of the molecule is CO[C@@H]1CC[C@H]2[C@H]3Cc4ccc(OCN=[N+]=[N-])c5c4[C@@]2(CCN3C)[C@H]1O5. The summed E-state index contributed by atoms with van der Waals surface area (Å²) in [6.07, 6.45) is 4.52. The predicted octanol–water partition coefficient (Wildman–Crippen LogP) is 3.02. The van der Waals surface area contributed by atoms with E-state index in [4.69, 9.17) is 19.7 Å². The van der Waals surface area contributed by atoms with Gasteiger partial charge in [-0.2, -0.15) is 0 Å². The van der Waals surface area contributed by atoms with Crippen molar-refractivity contribution in [3.63, 3.8) is 0 Å². The van der Waals surface area contributed by atoms with Gasteiger partial charge in [-0.05, 0) is 62.4 Å². The van der Waals surface area contributed by atoms with E-state index in [0.29, 0.717) is 17.7 Å². The predicted molar refractivity (Wildman–Crippen MR) is 95.4 cm³/mol. The van der Waals surface area contributed by atoms with Crippen molar-refractivity contribution < 1.29 is 14.2 Å². The average Bonchev–Trinajstić information content (AvgIpc) is 3.00. The highest BCUT2D eigenvalue weighted by molar-refractivity contribution is 5.61. The summed E-state index contributed by atoms with van der Waals surface area (Å²) in [5, 5.41) is 3.51. The number of likely N-dealkylation sites (tertiary alicyclic amines) is 1. The minimum Gasteiger partial charge on any atom is -0.484 e. The first-order valence-corrected chi connectivity index (χ1v) is 9.40. The van der Waals surface area contributed by atoms with Crippen LogP contribution in [-0.2, 0) is 16.6 Å². The van der Waals surface area contributed by atoms with Crippen molar-refractivity contribution in [2.75, 3.05) is 27.4 Å². The van der Waals surface area contributed by atoms with Gasteiger partial charge in [-0.1, -0.05) is 11.2 Å². The zero-order valence-electron chi connectivity index (χ0n) is 15.2. The molecule has 2 heterocycles. The smallest absolute Gasteiger partial charge is 0.167 e. The number of benzene rings is 1. The topological polar surface area (TPSA) is 79.7 Å². The Labute approximate surface area is 152 Å². The summed E-state index contributed by atoms with van der Waals surface area (Å²) in [5.74, 6) is 2.14. The highest BCUT2D eigenvalue weighted by Gasteiger charge is 2.65. The Morgan fingerprint density at radius 1 is 1.42 bits per heavy atom. The van der Waals surface area contributed by atoms with Crippen molar-refractivity contribution in [1.29, 1.82) is 0 Å². The summed E-state index contributed by atoms with van der Waals surface area (Å²) < 4.78 is 18.2. The first kappa shape index (κ1) is 16.2. The molecule has 138 valence electrons.